The van der Waals surface area contributed by atoms with Crippen LogP contribution in [0.25, 0.3) is 0 Å². The lowest BCUT2D eigenvalue weighted by Crippen LogP contribution is -2.94. The fourth-order valence-electron chi connectivity index (χ4n) is 8.37. The number of rotatable bonds is 10. The molecule has 0 aromatic heterocycles. The van der Waals surface area contributed by atoms with Crippen LogP contribution in [-0.4, -0.2) is 66.1 Å². The molecule has 42 heavy (non-hydrogen) atoms. The molecule has 2 aliphatic heterocycles. The Hall–Kier alpha value is -3.23. The number of quaternary nitrogens is 1. The Balaban J connectivity index is 1.19. The molecule has 2 aromatic carbocycles. The number of fused-ring (bicyclic) bond motifs is 2. The quantitative estimate of drug-likeness (QED) is 0.170. The molecule has 4 aliphatic rings. The van der Waals surface area contributed by atoms with Gasteiger partial charge in [0.15, 0.2) is 6.79 Å². The van der Waals surface area contributed by atoms with Crippen LogP contribution in [0.4, 0.5) is 0 Å². The number of ether oxygens (including phenoxy) is 4. The summed E-state index contributed by atoms with van der Waals surface area (Å²) in [4.78, 5) is 39.0. The van der Waals surface area contributed by atoms with Crippen molar-refractivity contribution in [3.05, 3.63) is 71.8 Å². The molecular formula is C34H42NO7+. The Bertz CT molecular complexity index is 1260. The van der Waals surface area contributed by atoms with Gasteiger partial charge in [0.2, 0.25) is 5.60 Å². The first kappa shape index (κ1) is 28.9. The second-order valence-corrected chi connectivity index (χ2v) is 13.3. The maximum Gasteiger partial charge on any atom is 0.348 e. The summed E-state index contributed by atoms with van der Waals surface area (Å²) >= 11 is 0. The maximum absolute atomic E-state index is 14.4. The highest BCUT2D eigenvalue weighted by Gasteiger charge is 2.86. The number of piperidine rings is 2. The molecule has 0 N–H and O–H groups in total. The van der Waals surface area contributed by atoms with Gasteiger partial charge in [0, 0.05) is 25.7 Å². The number of carbonyl (C=O) groups is 3. The van der Waals surface area contributed by atoms with E-state index in [-0.39, 0.29) is 24.4 Å². The minimum atomic E-state index is -1.63. The highest BCUT2D eigenvalue weighted by molar-refractivity contribution is 5.86. The molecule has 0 radical (unpaired) electrons. The second kappa shape index (κ2) is 10.8. The molecule has 0 bridgehead atoms. The van der Waals surface area contributed by atoms with Gasteiger partial charge in [-0.25, -0.2) is 4.79 Å². The highest BCUT2D eigenvalue weighted by Crippen LogP contribution is 2.73. The van der Waals surface area contributed by atoms with Gasteiger partial charge >= 0.3 is 17.9 Å². The van der Waals surface area contributed by atoms with Crippen LogP contribution in [-0.2, 0) is 38.9 Å². The van der Waals surface area contributed by atoms with Crippen LogP contribution < -0.4 is 0 Å². The topological polar surface area (TPSA) is 88.1 Å². The zero-order chi connectivity index (χ0) is 29.6. The van der Waals surface area contributed by atoms with Crippen molar-refractivity contribution in [1.82, 2.24) is 0 Å². The van der Waals surface area contributed by atoms with Gasteiger partial charge in [-0.05, 0) is 38.3 Å². The molecule has 2 heterocycles. The third-order valence-electron chi connectivity index (χ3n) is 10.1. The summed E-state index contributed by atoms with van der Waals surface area (Å²) in [5, 5.41) is 0. The van der Waals surface area contributed by atoms with Crippen LogP contribution in [0.2, 0.25) is 0 Å². The first-order valence-electron chi connectivity index (χ1n) is 15.3. The molecule has 0 amide bonds. The van der Waals surface area contributed by atoms with Gasteiger partial charge in [-0.1, -0.05) is 60.7 Å². The molecule has 4 unspecified atom stereocenters. The van der Waals surface area contributed by atoms with E-state index in [0.29, 0.717) is 23.2 Å². The lowest BCUT2D eigenvalue weighted by atomic mass is 9.39. The Morgan fingerprint density at radius 2 is 1.45 bits per heavy atom. The lowest BCUT2D eigenvalue weighted by Gasteiger charge is -2.80. The predicted octanol–water partition coefficient (Wildman–Crippen LogP) is 5.03. The van der Waals surface area contributed by atoms with E-state index in [0.717, 1.165) is 12.8 Å². The van der Waals surface area contributed by atoms with E-state index in [2.05, 4.69) is 0 Å². The van der Waals surface area contributed by atoms with Crippen molar-refractivity contribution < 1.29 is 37.8 Å². The SMILES string of the molecule is CC(C)(C)OC(=O)CCC(=O)OCOC(C(=O)OC1CC2C13CCC3[N+]21CCCC1)(c1ccccc1)c1ccccc1. The summed E-state index contributed by atoms with van der Waals surface area (Å²) in [6.45, 7) is 7.36. The summed E-state index contributed by atoms with van der Waals surface area (Å²) in [6, 6.07) is 19.7. The van der Waals surface area contributed by atoms with Gasteiger partial charge in [0.1, 0.15) is 29.2 Å². The molecule has 4 atom stereocenters. The average Bonchev–Trinajstić information content (AvgIpc) is 3.41. The van der Waals surface area contributed by atoms with Crippen molar-refractivity contribution in [2.45, 2.75) is 95.1 Å². The molecule has 2 saturated carbocycles. The van der Waals surface area contributed by atoms with Crippen molar-refractivity contribution >= 4 is 17.9 Å². The molecule has 2 aliphatic carbocycles. The molecule has 2 aromatic rings. The van der Waals surface area contributed by atoms with Gasteiger partial charge in [0.05, 0.1) is 25.9 Å². The zero-order valence-corrected chi connectivity index (χ0v) is 24.9. The maximum atomic E-state index is 14.4. The summed E-state index contributed by atoms with van der Waals surface area (Å²) < 4.78 is 24.7. The third-order valence-corrected chi connectivity index (χ3v) is 10.1. The highest BCUT2D eigenvalue weighted by atomic mass is 16.7. The summed E-state index contributed by atoms with van der Waals surface area (Å²) in [5.74, 6) is -1.59. The van der Waals surface area contributed by atoms with Crippen molar-refractivity contribution in [1.29, 1.82) is 0 Å². The third kappa shape index (κ3) is 4.63. The minimum absolute atomic E-state index is 0.104. The fourth-order valence-corrected chi connectivity index (χ4v) is 8.37. The summed E-state index contributed by atoms with van der Waals surface area (Å²) in [7, 11) is 0. The summed E-state index contributed by atoms with van der Waals surface area (Å²) in [6.07, 6.45) is 5.41. The first-order valence-corrected chi connectivity index (χ1v) is 15.3. The van der Waals surface area contributed by atoms with E-state index < -0.39 is 35.9 Å². The molecular weight excluding hydrogens is 534 g/mol. The number of hydrogen-bond acceptors (Lipinski definition) is 7. The largest absolute Gasteiger partial charge is 0.460 e. The Morgan fingerprint density at radius 1 is 0.857 bits per heavy atom. The molecule has 2 saturated heterocycles. The van der Waals surface area contributed by atoms with E-state index in [1.807, 2.05) is 60.7 Å². The number of esters is 3. The summed E-state index contributed by atoms with van der Waals surface area (Å²) in [5.41, 5.74) is -0.959. The molecule has 2 spiro atoms. The molecule has 8 heteroatoms. The first-order chi connectivity index (χ1) is 20.1. The van der Waals surface area contributed by atoms with Crippen LogP contribution in [0.3, 0.4) is 0 Å². The van der Waals surface area contributed by atoms with Gasteiger partial charge in [-0.15, -0.1) is 0 Å². The van der Waals surface area contributed by atoms with Gasteiger partial charge < -0.3 is 23.4 Å². The number of hydrogen-bond donors (Lipinski definition) is 0. The van der Waals surface area contributed by atoms with E-state index in [4.69, 9.17) is 18.9 Å². The normalized spacial score (nSPS) is 27.0. The van der Waals surface area contributed by atoms with Gasteiger partial charge in [-0.2, -0.15) is 0 Å². The van der Waals surface area contributed by atoms with E-state index >= 15 is 0 Å². The van der Waals surface area contributed by atoms with E-state index in [1.165, 1.54) is 36.8 Å². The Morgan fingerprint density at radius 3 is 1.98 bits per heavy atom. The number of nitrogens with zero attached hydrogens (tertiary/aromatic N) is 1. The number of carbonyl (C=O) groups excluding carboxylic acids is 3. The van der Waals surface area contributed by atoms with Crippen LogP contribution in [0.15, 0.2) is 60.7 Å². The van der Waals surface area contributed by atoms with Crippen LogP contribution in [0, 0.1) is 5.41 Å². The lowest BCUT2D eigenvalue weighted by molar-refractivity contribution is -1.05. The molecule has 224 valence electrons. The molecule has 6 rings (SSSR count). The van der Waals surface area contributed by atoms with Crippen molar-refractivity contribution in [3.8, 4) is 0 Å². The average molecular weight is 577 g/mol. The standard InChI is InChI=1S/C34H42NO7/c1-32(2,3)42-30(37)17-16-29(36)39-23-40-34(24-12-6-4-7-13-24,25-14-8-5-9-15-25)31(38)41-28-22-27-33(28)19-18-26(33)35(27)20-10-11-21-35/h4-9,12-15,26-28H,10-11,16-23H2,1-3H3/q+1. The monoisotopic (exact) mass is 576 g/mol. The van der Waals surface area contributed by atoms with Crippen molar-refractivity contribution in [2.75, 3.05) is 19.9 Å². The molecule has 8 nitrogen and oxygen atoms in total. The van der Waals surface area contributed by atoms with Crippen molar-refractivity contribution in [2.24, 2.45) is 5.41 Å². The van der Waals surface area contributed by atoms with Gasteiger partial charge in [-0.3, -0.25) is 9.59 Å². The smallest absolute Gasteiger partial charge is 0.348 e. The Kier molecular flexibility index (Phi) is 7.42. The van der Waals surface area contributed by atoms with E-state index in [9.17, 15) is 14.4 Å². The van der Waals surface area contributed by atoms with E-state index in [1.54, 1.807) is 20.8 Å². The van der Waals surface area contributed by atoms with Crippen molar-refractivity contribution in [3.63, 3.8) is 0 Å². The minimum Gasteiger partial charge on any atom is -0.460 e. The van der Waals surface area contributed by atoms with Gasteiger partial charge in [0.25, 0.3) is 0 Å². The zero-order valence-electron chi connectivity index (χ0n) is 24.9. The molecule has 4 fully saturated rings. The fraction of sp³-hybridized carbons (Fsp3) is 0.559. The Labute approximate surface area is 247 Å². The number of benzene rings is 2. The van der Waals surface area contributed by atoms with Crippen LogP contribution >= 0.6 is 0 Å². The van der Waals surface area contributed by atoms with Crippen LogP contribution in [0.1, 0.15) is 76.8 Å². The predicted molar refractivity (Wildman–Crippen MR) is 154 cm³/mol. The van der Waals surface area contributed by atoms with Crippen LogP contribution in [0.5, 0.6) is 0 Å². The second-order valence-electron chi connectivity index (χ2n) is 13.3.